The summed E-state index contributed by atoms with van der Waals surface area (Å²) in [6.07, 6.45) is 2.89. The van der Waals surface area contributed by atoms with E-state index < -0.39 is 12.0 Å². The molecule has 3 nitrogen and oxygen atoms in total. The van der Waals surface area contributed by atoms with Crippen LogP contribution in [-0.2, 0) is 4.79 Å². The molecule has 11 heavy (non-hydrogen) atoms. The molecule has 66 valence electrons. The fourth-order valence-corrected chi connectivity index (χ4v) is 1.04. The number of hydrogen-bond acceptors (Lipinski definition) is 2. The minimum absolute atomic E-state index is 0. The largest absolute Gasteiger partial charge is 0.480 e. The van der Waals surface area contributed by atoms with Gasteiger partial charge in [-0.25, -0.2) is 0 Å². The molecule has 0 aliphatic heterocycles. The zero-order valence-corrected chi connectivity index (χ0v) is 7.36. The molecule has 0 saturated heterocycles. The molecule has 0 radical (unpaired) electrons. The molecule has 0 unspecified atom stereocenters. The molecule has 1 rings (SSSR count). The number of halogens is 1. The van der Waals surface area contributed by atoms with Gasteiger partial charge in [0.1, 0.15) is 6.04 Å². The van der Waals surface area contributed by atoms with Gasteiger partial charge < -0.3 is 10.8 Å². The van der Waals surface area contributed by atoms with E-state index in [0.29, 0.717) is 6.42 Å². The van der Waals surface area contributed by atoms with Crippen molar-refractivity contribution in [3.8, 4) is 0 Å². The van der Waals surface area contributed by atoms with Crippen molar-refractivity contribution in [1.82, 2.24) is 0 Å². The van der Waals surface area contributed by atoms with Crippen LogP contribution < -0.4 is 5.73 Å². The van der Waals surface area contributed by atoms with Crippen LogP contribution >= 0.6 is 12.4 Å². The van der Waals surface area contributed by atoms with Gasteiger partial charge in [-0.3, -0.25) is 4.79 Å². The molecule has 4 heteroatoms. The number of hydrogen-bond donors (Lipinski definition) is 2. The molecule has 1 saturated carbocycles. The van der Waals surface area contributed by atoms with Gasteiger partial charge in [-0.15, -0.1) is 12.4 Å². The lowest BCUT2D eigenvalue weighted by atomic mass is 10.0. The highest BCUT2D eigenvalue weighted by atomic mass is 35.5. The normalized spacial score (nSPS) is 21.6. The molecule has 0 heterocycles. The van der Waals surface area contributed by atoms with E-state index in [1.54, 1.807) is 0 Å². The van der Waals surface area contributed by atoms with Gasteiger partial charge in [0, 0.05) is 0 Å². The molecule has 0 spiro atoms. The van der Waals surface area contributed by atoms with Crippen molar-refractivity contribution in [3.05, 3.63) is 0 Å². The zero-order valence-electron chi connectivity index (χ0n) is 6.54. The van der Waals surface area contributed by atoms with E-state index in [-0.39, 0.29) is 17.8 Å². The Labute approximate surface area is 72.4 Å². The maximum Gasteiger partial charge on any atom is 0.320 e. The fraction of sp³-hybridized carbons (Fsp3) is 0.857. The fourth-order valence-electron chi connectivity index (χ4n) is 1.04. The molecule has 0 aromatic rings. The van der Waals surface area contributed by atoms with Crippen molar-refractivity contribution >= 4 is 18.4 Å². The molecular weight excluding hydrogens is 166 g/mol. The third kappa shape index (κ3) is 3.08. The molecule has 1 fully saturated rings. The third-order valence-corrected chi connectivity index (χ3v) is 2.13. The number of aliphatic carboxylic acids is 1. The van der Waals surface area contributed by atoms with Gasteiger partial charge in [-0.1, -0.05) is 6.92 Å². The van der Waals surface area contributed by atoms with Crippen molar-refractivity contribution in [3.63, 3.8) is 0 Å². The molecule has 1 atom stereocenters. The molecule has 0 bridgehead atoms. The highest BCUT2D eigenvalue weighted by Crippen LogP contribution is 2.48. The second kappa shape index (κ2) is 3.41. The van der Waals surface area contributed by atoms with Crippen LogP contribution in [-0.4, -0.2) is 17.1 Å². The molecule has 0 aromatic heterocycles. The Kier molecular flexibility index (Phi) is 3.32. The van der Waals surface area contributed by atoms with Gasteiger partial charge in [0.05, 0.1) is 0 Å². The molecular formula is C7H14ClNO2. The summed E-state index contributed by atoms with van der Waals surface area (Å²) >= 11 is 0. The van der Waals surface area contributed by atoms with E-state index >= 15 is 0 Å². The van der Waals surface area contributed by atoms with Gasteiger partial charge >= 0.3 is 5.97 Å². The quantitative estimate of drug-likeness (QED) is 0.680. The van der Waals surface area contributed by atoms with E-state index in [0.717, 1.165) is 12.8 Å². The van der Waals surface area contributed by atoms with Crippen molar-refractivity contribution in [2.45, 2.75) is 32.2 Å². The maximum atomic E-state index is 10.3. The van der Waals surface area contributed by atoms with Gasteiger partial charge in [0.2, 0.25) is 0 Å². The highest BCUT2D eigenvalue weighted by Gasteiger charge is 2.39. The Morgan fingerprint density at radius 2 is 2.18 bits per heavy atom. The second-order valence-electron chi connectivity index (χ2n) is 3.46. The van der Waals surface area contributed by atoms with E-state index in [9.17, 15) is 4.79 Å². The zero-order chi connectivity index (χ0) is 7.78. The van der Waals surface area contributed by atoms with E-state index in [4.69, 9.17) is 10.8 Å². The first-order chi connectivity index (χ1) is 4.53. The van der Waals surface area contributed by atoms with E-state index in [2.05, 4.69) is 6.92 Å². The lowest BCUT2D eigenvalue weighted by Gasteiger charge is -2.10. The van der Waals surface area contributed by atoms with Crippen molar-refractivity contribution in [2.75, 3.05) is 0 Å². The third-order valence-electron chi connectivity index (χ3n) is 2.13. The number of carbonyl (C=O) groups is 1. The van der Waals surface area contributed by atoms with E-state index in [1.807, 2.05) is 0 Å². The first-order valence-corrected chi connectivity index (χ1v) is 3.52. The summed E-state index contributed by atoms with van der Waals surface area (Å²) in [6, 6.07) is -0.660. The number of rotatable bonds is 3. The molecule has 1 aliphatic carbocycles. The van der Waals surface area contributed by atoms with Crippen LogP contribution in [0.4, 0.5) is 0 Å². The van der Waals surface area contributed by atoms with Gasteiger partial charge in [-0.2, -0.15) is 0 Å². The Balaban J connectivity index is 0.000001000. The first kappa shape index (κ1) is 10.7. The van der Waals surface area contributed by atoms with Crippen molar-refractivity contribution < 1.29 is 9.90 Å². The lowest BCUT2D eigenvalue weighted by molar-refractivity contribution is -0.139. The predicted molar refractivity (Wildman–Crippen MR) is 44.8 cm³/mol. The molecule has 0 aromatic carbocycles. The Morgan fingerprint density at radius 3 is 2.45 bits per heavy atom. The Hall–Kier alpha value is -0.280. The summed E-state index contributed by atoms with van der Waals surface area (Å²) in [5.41, 5.74) is 5.59. The minimum Gasteiger partial charge on any atom is -0.480 e. The Bertz CT molecular complexity index is 157. The van der Waals surface area contributed by atoms with Crippen LogP contribution in [0, 0.1) is 5.41 Å². The highest BCUT2D eigenvalue weighted by molar-refractivity contribution is 5.85. The molecule has 1 aliphatic rings. The summed E-state index contributed by atoms with van der Waals surface area (Å²) in [6.45, 7) is 2.08. The van der Waals surface area contributed by atoms with Gasteiger partial charge in [-0.05, 0) is 24.7 Å². The monoisotopic (exact) mass is 179 g/mol. The minimum atomic E-state index is -0.881. The topological polar surface area (TPSA) is 63.3 Å². The summed E-state index contributed by atoms with van der Waals surface area (Å²) in [5, 5.41) is 8.45. The summed E-state index contributed by atoms with van der Waals surface area (Å²) in [5.74, 6) is -0.881. The number of carboxylic acids is 1. The smallest absolute Gasteiger partial charge is 0.320 e. The van der Waals surface area contributed by atoms with Crippen LogP contribution in [0.5, 0.6) is 0 Å². The number of nitrogens with two attached hydrogens (primary N) is 1. The van der Waals surface area contributed by atoms with Crippen LogP contribution in [0.2, 0.25) is 0 Å². The summed E-state index contributed by atoms with van der Waals surface area (Å²) in [4.78, 5) is 10.3. The second-order valence-corrected chi connectivity index (χ2v) is 3.46. The standard InChI is InChI=1S/C7H13NO2.ClH/c1-7(2-3-7)4-5(8)6(9)10;/h5H,2-4,8H2,1H3,(H,9,10);1H/t5-;/m0./s1. The summed E-state index contributed by atoms with van der Waals surface area (Å²) < 4.78 is 0. The molecule has 0 amide bonds. The lowest BCUT2D eigenvalue weighted by Crippen LogP contribution is -2.32. The molecule has 3 N–H and O–H groups in total. The first-order valence-electron chi connectivity index (χ1n) is 3.52. The number of carboxylic acid groups (broad SMARTS) is 1. The Morgan fingerprint density at radius 1 is 1.73 bits per heavy atom. The SMILES string of the molecule is CC1(C[C@H](N)C(=O)O)CC1.Cl. The predicted octanol–water partition coefficient (Wildman–Crippen LogP) is 1.01. The average Bonchev–Trinajstić information content (AvgIpc) is 2.47. The van der Waals surface area contributed by atoms with Crippen molar-refractivity contribution in [2.24, 2.45) is 11.1 Å². The van der Waals surface area contributed by atoms with Crippen LogP contribution in [0.3, 0.4) is 0 Å². The van der Waals surface area contributed by atoms with Crippen LogP contribution in [0.1, 0.15) is 26.2 Å². The maximum absolute atomic E-state index is 10.3. The van der Waals surface area contributed by atoms with Crippen LogP contribution in [0.15, 0.2) is 0 Å². The van der Waals surface area contributed by atoms with Gasteiger partial charge in [0.15, 0.2) is 0 Å². The van der Waals surface area contributed by atoms with Gasteiger partial charge in [0.25, 0.3) is 0 Å². The van der Waals surface area contributed by atoms with Crippen molar-refractivity contribution in [1.29, 1.82) is 0 Å². The average molecular weight is 180 g/mol. The van der Waals surface area contributed by atoms with E-state index in [1.165, 1.54) is 0 Å². The summed E-state index contributed by atoms with van der Waals surface area (Å²) in [7, 11) is 0. The van der Waals surface area contributed by atoms with Crippen LogP contribution in [0.25, 0.3) is 0 Å².